The molecule has 1 aliphatic heterocycles. The number of piperazine rings is 1. The molecule has 0 radical (unpaired) electrons. The summed E-state index contributed by atoms with van der Waals surface area (Å²) in [6.07, 6.45) is 0. The first-order chi connectivity index (χ1) is 10.9. The van der Waals surface area contributed by atoms with Crippen molar-refractivity contribution in [3.05, 3.63) is 23.2 Å². The Balaban J connectivity index is 0.00000288. The van der Waals surface area contributed by atoms with Crippen LogP contribution >= 0.6 is 12.4 Å². The van der Waals surface area contributed by atoms with Gasteiger partial charge in [0.2, 0.25) is 11.8 Å². The van der Waals surface area contributed by atoms with Crippen LogP contribution in [-0.4, -0.2) is 66.8 Å². The highest BCUT2D eigenvalue weighted by atomic mass is 35.5. The Labute approximate surface area is 146 Å². The van der Waals surface area contributed by atoms with Gasteiger partial charge in [-0.1, -0.05) is 0 Å². The second-order valence-electron chi connectivity index (χ2n) is 5.48. The van der Waals surface area contributed by atoms with Crippen LogP contribution in [0.2, 0.25) is 0 Å². The van der Waals surface area contributed by atoms with E-state index < -0.39 is 0 Å². The summed E-state index contributed by atoms with van der Waals surface area (Å²) >= 11 is 0. The van der Waals surface area contributed by atoms with Crippen molar-refractivity contribution in [2.24, 2.45) is 5.73 Å². The summed E-state index contributed by atoms with van der Waals surface area (Å²) in [6.45, 7) is 5.16. The minimum atomic E-state index is -0.363. The first kappa shape index (κ1) is 20.0. The van der Waals surface area contributed by atoms with Crippen molar-refractivity contribution in [2.75, 3.05) is 39.3 Å². The van der Waals surface area contributed by atoms with Crippen molar-refractivity contribution in [3.63, 3.8) is 0 Å². The maximum Gasteiger partial charge on any atom is 0.257 e. The van der Waals surface area contributed by atoms with E-state index in [1.807, 2.05) is 0 Å². The fourth-order valence-corrected chi connectivity index (χ4v) is 2.53. The molecule has 0 bridgehead atoms. The van der Waals surface area contributed by atoms with Gasteiger partial charge in [0.1, 0.15) is 11.5 Å². The molecule has 0 aromatic carbocycles. The molecule has 1 aromatic rings. The van der Waals surface area contributed by atoms with Crippen molar-refractivity contribution in [1.82, 2.24) is 15.1 Å². The molecule has 0 aliphatic carbocycles. The van der Waals surface area contributed by atoms with Gasteiger partial charge in [0, 0.05) is 26.2 Å². The number of hydrogen-bond acceptors (Lipinski definition) is 5. The average Bonchev–Trinajstić information content (AvgIpc) is 2.90. The second kappa shape index (κ2) is 8.70. The quantitative estimate of drug-likeness (QED) is 0.766. The number of aryl methyl sites for hydroxylation is 2. The first-order valence-electron chi connectivity index (χ1n) is 7.53. The number of nitrogens with two attached hydrogens (primary N) is 1. The van der Waals surface area contributed by atoms with E-state index in [9.17, 15) is 14.4 Å². The van der Waals surface area contributed by atoms with Crippen LogP contribution in [-0.2, 0) is 9.59 Å². The van der Waals surface area contributed by atoms with Crippen LogP contribution < -0.4 is 11.1 Å². The van der Waals surface area contributed by atoms with E-state index in [0.29, 0.717) is 43.3 Å². The van der Waals surface area contributed by atoms with E-state index in [4.69, 9.17) is 10.2 Å². The van der Waals surface area contributed by atoms with Gasteiger partial charge in [-0.2, -0.15) is 0 Å². The number of nitrogens with zero attached hydrogens (tertiary/aromatic N) is 2. The third-order valence-corrected chi connectivity index (χ3v) is 3.81. The average molecular weight is 359 g/mol. The van der Waals surface area contributed by atoms with Gasteiger partial charge < -0.3 is 25.3 Å². The van der Waals surface area contributed by atoms with Gasteiger partial charge in [0.05, 0.1) is 18.7 Å². The number of hydrogen-bond donors (Lipinski definition) is 2. The molecule has 9 heteroatoms. The summed E-state index contributed by atoms with van der Waals surface area (Å²) in [4.78, 5) is 38.8. The monoisotopic (exact) mass is 358 g/mol. The molecule has 134 valence electrons. The van der Waals surface area contributed by atoms with Gasteiger partial charge in [-0.3, -0.25) is 14.4 Å². The zero-order chi connectivity index (χ0) is 17.0. The van der Waals surface area contributed by atoms with Crippen molar-refractivity contribution in [3.8, 4) is 0 Å². The summed E-state index contributed by atoms with van der Waals surface area (Å²) in [5, 5.41) is 2.45. The van der Waals surface area contributed by atoms with Gasteiger partial charge >= 0.3 is 0 Å². The number of carbonyl (C=O) groups is 3. The van der Waals surface area contributed by atoms with Crippen molar-refractivity contribution in [2.45, 2.75) is 13.8 Å². The number of amides is 3. The minimum absolute atomic E-state index is 0. The van der Waals surface area contributed by atoms with Crippen molar-refractivity contribution in [1.29, 1.82) is 0 Å². The number of furan rings is 1. The Bertz CT molecular complexity index is 609. The second-order valence-corrected chi connectivity index (χ2v) is 5.48. The van der Waals surface area contributed by atoms with E-state index in [-0.39, 0.29) is 43.2 Å². The SMILES string of the molecule is Cc1cc(C(=O)N2CCN(C(=O)CNC(=O)CN)CC2)c(C)o1.Cl. The largest absolute Gasteiger partial charge is 0.466 e. The fourth-order valence-electron chi connectivity index (χ4n) is 2.53. The Morgan fingerprint density at radius 2 is 1.75 bits per heavy atom. The summed E-state index contributed by atoms with van der Waals surface area (Å²) in [5.41, 5.74) is 5.74. The Hall–Kier alpha value is -2.06. The standard InChI is InChI=1S/C15H22N4O4.ClH/c1-10-7-12(11(2)23-10)15(22)19-5-3-18(4-6-19)14(21)9-17-13(20)8-16;/h7H,3-6,8-9,16H2,1-2H3,(H,17,20);1H. The molecule has 3 amide bonds. The predicted molar refractivity (Wildman–Crippen MR) is 90.0 cm³/mol. The summed E-state index contributed by atoms with van der Waals surface area (Å²) < 4.78 is 5.39. The molecule has 0 atom stereocenters. The van der Waals surface area contributed by atoms with E-state index in [0.717, 1.165) is 0 Å². The Kier molecular flexibility index (Phi) is 7.24. The molecule has 0 unspecified atom stereocenters. The van der Waals surface area contributed by atoms with Crippen LogP contribution in [0.3, 0.4) is 0 Å². The minimum Gasteiger partial charge on any atom is -0.466 e. The molecule has 1 aliphatic rings. The normalized spacial score (nSPS) is 14.1. The number of nitrogens with one attached hydrogen (secondary N) is 1. The molecular weight excluding hydrogens is 336 g/mol. The Morgan fingerprint density at radius 1 is 1.17 bits per heavy atom. The van der Waals surface area contributed by atoms with Crippen LogP contribution in [0.15, 0.2) is 10.5 Å². The highest BCUT2D eigenvalue weighted by molar-refractivity contribution is 5.95. The van der Waals surface area contributed by atoms with E-state index in [2.05, 4.69) is 5.32 Å². The van der Waals surface area contributed by atoms with Gasteiger partial charge in [-0.05, 0) is 19.9 Å². The highest BCUT2D eigenvalue weighted by Gasteiger charge is 2.26. The fraction of sp³-hybridized carbons (Fsp3) is 0.533. The molecule has 0 saturated carbocycles. The molecule has 1 saturated heterocycles. The first-order valence-corrected chi connectivity index (χ1v) is 7.53. The van der Waals surface area contributed by atoms with Gasteiger partial charge in [-0.25, -0.2) is 0 Å². The van der Waals surface area contributed by atoms with Crippen LogP contribution in [0.4, 0.5) is 0 Å². The molecule has 1 aromatic heterocycles. The molecule has 2 heterocycles. The maximum absolute atomic E-state index is 12.5. The lowest BCUT2D eigenvalue weighted by Crippen LogP contribution is -2.52. The van der Waals surface area contributed by atoms with Crippen LogP contribution in [0.25, 0.3) is 0 Å². The van der Waals surface area contributed by atoms with Crippen molar-refractivity contribution < 1.29 is 18.8 Å². The van der Waals surface area contributed by atoms with Gasteiger partial charge in [-0.15, -0.1) is 12.4 Å². The van der Waals surface area contributed by atoms with E-state index >= 15 is 0 Å². The molecular formula is C15H23ClN4O4. The van der Waals surface area contributed by atoms with Crippen LogP contribution in [0.1, 0.15) is 21.9 Å². The zero-order valence-corrected chi connectivity index (χ0v) is 14.6. The number of halogens is 1. The lowest BCUT2D eigenvalue weighted by atomic mass is 10.2. The van der Waals surface area contributed by atoms with Crippen LogP contribution in [0, 0.1) is 13.8 Å². The molecule has 0 spiro atoms. The predicted octanol–water partition coefficient (Wildman–Crippen LogP) is -0.322. The molecule has 24 heavy (non-hydrogen) atoms. The van der Waals surface area contributed by atoms with Crippen molar-refractivity contribution >= 4 is 30.1 Å². The molecule has 3 N–H and O–H groups in total. The number of rotatable bonds is 4. The smallest absolute Gasteiger partial charge is 0.257 e. The summed E-state index contributed by atoms with van der Waals surface area (Å²) in [5.74, 6) is 0.695. The molecule has 1 fully saturated rings. The third-order valence-electron chi connectivity index (χ3n) is 3.81. The van der Waals surface area contributed by atoms with Gasteiger partial charge in [0.15, 0.2) is 0 Å². The molecule has 2 rings (SSSR count). The zero-order valence-electron chi connectivity index (χ0n) is 13.8. The Morgan fingerprint density at radius 3 is 2.25 bits per heavy atom. The topological polar surface area (TPSA) is 109 Å². The summed E-state index contributed by atoms with van der Waals surface area (Å²) in [6, 6.07) is 1.73. The summed E-state index contributed by atoms with van der Waals surface area (Å²) in [7, 11) is 0. The van der Waals surface area contributed by atoms with Gasteiger partial charge in [0.25, 0.3) is 5.91 Å². The number of carbonyl (C=O) groups excluding carboxylic acids is 3. The third kappa shape index (κ3) is 4.72. The maximum atomic E-state index is 12.5. The van der Waals surface area contributed by atoms with E-state index in [1.165, 1.54) is 0 Å². The van der Waals surface area contributed by atoms with E-state index in [1.54, 1.807) is 29.7 Å². The lowest BCUT2D eigenvalue weighted by Gasteiger charge is -2.34. The highest BCUT2D eigenvalue weighted by Crippen LogP contribution is 2.17. The van der Waals surface area contributed by atoms with Crippen LogP contribution in [0.5, 0.6) is 0 Å². The molecule has 8 nitrogen and oxygen atoms in total. The lowest BCUT2D eigenvalue weighted by molar-refractivity contribution is -0.133.